The van der Waals surface area contributed by atoms with Crippen molar-refractivity contribution < 1.29 is 18.1 Å². The van der Waals surface area contributed by atoms with E-state index in [1.165, 1.54) is 12.1 Å². The Hall–Kier alpha value is -1.75. The van der Waals surface area contributed by atoms with Gasteiger partial charge in [-0.05, 0) is 18.9 Å². The third-order valence-corrected chi connectivity index (χ3v) is 4.19. The molecule has 0 aliphatic carbocycles. The van der Waals surface area contributed by atoms with E-state index in [4.69, 9.17) is 10.6 Å². The summed E-state index contributed by atoms with van der Waals surface area (Å²) in [6, 6.07) is 3.39. The smallest absolute Gasteiger partial charge is 0.270 e. The average Bonchev–Trinajstić information content (AvgIpc) is 2.46. The summed E-state index contributed by atoms with van der Waals surface area (Å²) < 4.78 is 31.5. The third kappa shape index (κ3) is 4.93. The minimum atomic E-state index is -3.88. The average molecular weight is 318 g/mol. The van der Waals surface area contributed by atoms with Gasteiger partial charge < -0.3 is 10.2 Å². The molecule has 1 aromatic carbocycles. The molecule has 0 heterocycles. The number of nitro groups is 1. The van der Waals surface area contributed by atoms with Crippen molar-refractivity contribution in [3.63, 3.8) is 0 Å². The van der Waals surface area contributed by atoms with Crippen LogP contribution in [0.1, 0.15) is 12.8 Å². The van der Waals surface area contributed by atoms with Crippen LogP contribution in [-0.2, 0) is 14.8 Å². The summed E-state index contributed by atoms with van der Waals surface area (Å²) in [4.78, 5) is 9.81. The Kier molecular flexibility index (Phi) is 6.49. The van der Waals surface area contributed by atoms with E-state index in [9.17, 15) is 18.5 Å². The van der Waals surface area contributed by atoms with Crippen molar-refractivity contribution in [2.45, 2.75) is 17.7 Å². The number of benzene rings is 1. The Labute approximate surface area is 122 Å². The van der Waals surface area contributed by atoms with Gasteiger partial charge in [-0.2, -0.15) is 0 Å². The topological polar surface area (TPSA) is 137 Å². The number of non-ortho nitro benzene ring substituents is 1. The molecule has 0 amide bonds. The summed E-state index contributed by atoms with van der Waals surface area (Å²) in [6.45, 7) is 0.743. The Balaban J connectivity index is 2.90. The molecule has 0 atom stereocenters. The number of hydrogen-bond donors (Lipinski definition) is 3. The molecule has 0 aromatic heterocycles. The Morgan fingerprint density at radius 1 is 1.38 bits per heavy atom. The molecule has 0 aliphatic heterocycles. The quantitative estimate of drug-likeness (QED) is 0.262. The van der Waals surface area contributed by atoms with Crippen molar-refractivity contribution in [2.24, 2.45) is 5.84 Å². The first-order valence-corrected chi connectivity index (χ1v) is 7.64. The molecule has 0 unspecified atom stereocenters. The number of rotatable bonds is 9. The van der Waals surface area contributed by atoms with Gasteiger partial charge in [0.05, 0.1) is 10.6 Å². The van der Waals surface area contributed by atoms with Gasteiger partial charge in [0.2, 0.25) is 10.0 Å². The fourth-order valence-electron chi connectivity index (χ4n) is 1.62. The number of nitrogens with zero attached hydrogens (tertiary/aromatic N) is 1. The number of nitrogen functional groups attached to an aromatic ring is 1. The fourth-order valence-corrected chi connectivity index (χ4v) is 2.88. The summed E-state index contributed by atoms with van der Waals surface area (Å²) in [5.41, 5.74) is 1.98. The standard InChI is InChI=1S/C11H18N4O5S/c1-20-7-3-2-6-13-21(18,19)11-8-9(15(16)17)4-5-10(11)14-12/h4-5,8,13-14H,2-3,6-7,12H2,1H3. The second-order valence-corrected chi connectivity index (χ2v) is 5.91. The zero-order valence-electron chi connectivity index (χ0n) is 11.5. The second kappa shape index (κ2) is 7.88. The summed E-state index contributed by atoms with van der Waals surface area (Å²) >= 11 is 0. The Bertz CT molecular complexity index is 590. The number of sulfonamides is 1. The predicted molar refractivity (Wildman–Crippen MR) is 77.2 cm³/mol. The van der Waals surface area contributed by atoms with Crippen molar-refractivity contribution in [3.05, 3.63) is 28.3 Å². The van der Waals surface area contributed by atoms with Crippen LogP contribution < -0.4 is 16.0 Å². The highest BCUT2D eigenvalue weighted by Gasteiger charge is 2.21. The van der Waals surface area contributed by atoms with Crippen molar-refractivity contribution >= 4 is 21.4 Å². The van der Waals surface area contributed by atoms with Gasteiger partial charge in [0.1, 0.15) is 4.90 Å². The van der Waals surface area contributed by atoms with E-state index >= 15 is 0 Å². The molecule has 1 rings (SSSR count). The lowest BCUT2D eigenvalue weighted by atomic mass is 10.3. The number of ether oxygens (including phenoxy) is 1. The number of methoxy groups -OCH3 is 1. The van der Waals surface area contributed by atoms with Gasteiger partial charge in [0.15, 0.2) is 0 Å². The molecule has 9 nitrogen and oxygen atoms in total. The molecular formula is C11H18N4O5S. The van der Waals surface area contributed by atoms with Crippen LogP contribution in [0.2, 0.25) is 0 Å². The van der Waals surface area contributed by atoms with Gasteiger partial charge in [-0.25, -0.2) is 13.1 Å². The first-order chi connectivity index (χ1) is 9.92. The molecular weight excluding hydrogens is 300 g/mol. The van der Waals surface area contributed by atoms with Crippen molar-refractivity contribution in [1.29, 1.82) is 0 Å². The Morgan fingerprint density at radius 3 is 2.67 bits per heavy atom. The van der Waals surface area contributed by atoms with E-state index in [-0.39, 0.29) is 22.8 Å². The van der Waals surface area contributed by atoms with Gasteiger partial charge in [-0.15, -0.1) is 0 Å². The SMILES string of the molecule is COCCCCNS(=O)(=O)c1cc([N+](=O)[O-])ccc1NN. The fraction of sp³-hybridized carbons (Fsp3) is 0.455. The first kappa shape index (κ1) is 17.3. The number of hydrazine groups is 1. The number of nitro benzene ring substituents is 1. The number of nitrogens with two attached hydrogens (primary N) is 1. The number of hydrogen-bond acceptors (Lipinski definition) is 7. The molecule has 118 valence electrons. The maximum atomic E-state index is 12.2. The van der Waals surface area contributed by atoms with Crippen LogP contribution in [0, 0.1) is 10.1 Å². The number of unbranched alkanes of at least 4 members (excludes halogenated alkanes) is 1. The molecule has 0 spiro atoms. The summed E-state index contributed by atoms with van der Waals surface area (Å²) in [5.74, 6) is 5.24. The highest BCUT2D eigenvalue weighted by atomic mass is 32.2. The predicted octanol–water partition coefficient (Wildman–Crippen LogP) is 0.585. The van der Waals surface area contributed by atoms with Crippen LogP contribution in [0.15, 0.2) is 23.1 Å². The number of nitrogens with one attached hydrogen (secondary N) is 2. The lowest BCUT2D eigenvalue weighted by Gasteiger charge is -2.11. The van der Waals surface area contributed by atoms with Crippen LogP contribution in [0.4, 0.5) is 11.4 Å². The highest BCUT2D eigenvalue weighted by molar-refractivity contribution is 7.89. The van der Waals surface area contributed by atoms with Gasteiger partial charge in [-0.3, -0.25) is 16.0 Å². The minimum Gasteiger partial charge on any atom is -0.385 e. The van der Waals surface area contributed by atoms with Gasteiger partial charge in [0, 0.05) is 32.4 Å². The monoisotopic (exact) mass is 318 g/mol. The van der Waals surface area contributed by atoms with E-state index in [2.05, 4.69) is 10.1 Å². The van der Waals surface area contributed by atoms with Crippen LogP contribution >= 0.6 is 0 Å². The maximum absolute atomic E-state index is 12.2. The minimum absolute atomic E-state index is 0.0880. The molecule has 10 heteroatoms. The second-order valence-electron chi connectivity index (χ2n) is 4.18. The van der Waals surface area contributed by atoms with E-state index in [0.29, 0.717) is 19.4 Å². The summed E-state index contributed by atoms with van der Waals surface area (Å²) in [7, 11) is -2.32. The van der Waals surface area contributed by atoms with Crippen molar-refractivity contribution in [1.82, 2.24) is 4.72 Å². The highest BCUT2D eigenvalue weighted by Crippen LogP contribution is 2.25. The summed E-state index contributed by atoms with van der Waals surface area (Å²) in [6.07, 6.45) is 1.29. The van der Waals surface area contributed by atoms with E-state index in [1.54, 1.807) is 7.11 Å². The zero-order chi connectivity index (χ0) is 15.9. The van der Waals surface area contributed by atoms with Crippen LogP contribution in [0.3, 0.4) is 0 Å². The first-order valence-electron chi connectivity index (χ1n) is 6.16. The number of anilines is 1. The molecule has 0 bridgehead atoms. The molecule has 0 saturated heterocycles. The summed E-state index contributed by atoms with van der Waals surface area (Å²) in [5, 5.41) is 10.7. The van der Waals surface area contributed by atoms with E-state index in [1.807, 2.05) is 0 Å². The van der Waals surface area contributed by atoms with Crippen molar-refractivity contribution in [2.75, 3.05) is 25.7 Å². The molecule has 0 aliphatic rings. The molecule has 0 fully saturated rings. The van der Waals surface area contributed by atoms with Crippen molar-refractivity contribution in [3.8, 4) is 0 Å². The van der Waals surface area contributed by atoms with Gasteiger partial charge in [-0.1, -0.05) is 0 Å². The third-order valence-electron chi connectivity index (χ3n) is 2.69. The van der Waals surface area contributed by atoms with Gasteiger partial charge >= 0.3 is 0 Å². The molecule has 1 aromatic rings. The van der Waals surface area contributed by atoms with E-state index < -0.39 is 14.9 Å². The normalized spacial score (nSPS) is 11.3. The van der Waals surface area contributed by atoms with Crippen LogP contribution in [-0.4, -0.2) is 33.6 Å². The molecule has 4 N–H and O–H groups in total. The maximum Gasteiger partial charge on any atom is 0.270 e. The van der Waals surface area contributed by atoms with Crippen LogP contribution in [0.25, 0.3) is 0 Å². The van der Waals surface area contributed by atoms with Crippen LogP contribution in [0.5, 0.6) is 0 Å². The molecule has 0 saturated carbocycles. The lowest BCUT2D eigenvalue weighted by Crippen LogP contribution is -2.26. The lowest BCUT2D eigenvalue weighted by molar-refractivity contribution is -0.385. The molecule has 21 heavy (non-hydrogen) atoms. The van der Waals surface area contributed by atoms with Gasteiger partial charge in [0.25, 0.3) is 5.69 Å². The largest absolute Gasteiger partial charge is 0.385 e. The molecule has 0 radical (unpaired) electrons. The zero-order valence-corrected chi connectivity index (χ0v) is 12.4. The Morgan fingerprint density at radius 2 is 2.10 bits per heavy atom. The van der Waals surface area contributed by atoms with E-state index in [0.717, 1.165) is 6.07 Å².